The van der Waals surface area contributed by atoms with Gasteiger partial charge in [-0.05, 0) is 44.0 Å². The molecule has 1 atom stereocenters. The van der Waals surface area contributed by atoms with E-state index in [4.69, 9.17) is 4.42 Å². The van der Waals surface area contributed by atoms with Crippen LogP contribution in [0.15, 0.2) is 41.0 Å². The van der Waals surface area contributed by atoms with E-state index in [9.17, 15) is 9.90 Å². The van der Waals surface area contributed by atoms with Gasteiger partial charge in [-0.2, -0.15) is 0 Å². The van der Waals surface area contributed by atoms with Gasteiger partial charge in [0.1, 0.15) is 11.9 Å². The first-order chi connectivity index (χ1) is 9.58. The van der Waals surface area contributed by atoms with Crippen molar-refractivity contribution in [3.05, 3.63) is 59.0 Å². The molecule has 2 N–H and O–H groups in total. The van der Waals surface area contributed by atoms with Crippen LogP contribution >= 0.6 is 0 Å². The summed E-state index contributed by atoms with van der Waals surface area (Å²) in [6, 6.07) is 9.23. The minimum Gasteiger partial charge on any atom is -0.467 e. The predicted molar refractivity (Wildman–Crippen MR) is 76.5 cm³/mol. The molecular formula is C16H19NO3. The Morgan fingerprint density at radius 1 is 1.35 bits per heavy atom. The maximum Gasteiger partial charge on any atom is 0.251 e. The standard InChI is InChI=1S/C16H19NO3/c1-11-5-6-12(2)13(10-11)16(19)17-8-7-14(18)15-4-3-9-20-15/h3-6,9-10,14,18H,7-8H2,1-2H3,(H,17,19). The summed E-state index contributed by atoms with van der Waals surface area (Å²) in [5, 5.41) is 12.7. The lowest BCUT2D eigenvalue weighted by molar-refractivity contribution is 0.0935. The second-order valence-electron chi connectivity index (χ2n) is 4.89. The average Bonchev–Trinajstić information content (AvgIpc) is 2.95. The first-order valence-corrected chi connectivity index (χ1v) is 6.65. The summed E-state index contributed by atoms with van der Waals surface area (Å²) < 4.78 is 5.11. The topological polar surface area (TPSA) is 62.5 Å². The molecule has 0 radical (unpaired) electrons. The zero-order valence-corrected chi connectivity index (χ0v) is 11.7. The smallest absolute Gasteiger partial charge is 0.251 e. The highest BCUT2D eigenvalue weighted by Gasteiger charge is 2.12. The van der Waals surface area contributed by atoms with E-state index in [1.165, 1.54) is 6.26 Å². The summed E-state index contributed by atoms with van der Waals surface area (Å²) in [5.74, 6) is 0.406. The Bertz CT molecular complexity index is 575. The quantitative estimate of drug-likeness (QED) is 0.880. The molecule has 4 nitrogen and oxygen atoms in total. The Morgan fingerprint density at radius 3 is 2.85 bits per heavy atom. The minimum absolute atomic E-state index is 0.113. The van der Waals surface area contributed by atoms with Crippen LogP contribution in [0.1, 0.15) is 39.8 Å². The predicted octanol–water partition coefficient (Wildman–Crippen LogP) is 2.75. The molecule has 0 fully saturated rings. The molecule has 0 spiro atoms. The third-order valence-corrected chi connectivity index (χ3v) is 3.21. The number of aliphatic hydroxyl groups excluding tert-OH is 1. The molecule has 0 aliphatic rings. The molecule has 1 aromatic heterocycles. The van der Waals surface area contributed by atoms with Crippen LogP contribution in [0.25, 0.3) is 0 Å². The Morgan fingerprint density at radius 2 is 2.15 bits per heavy atom. The second-order valence-corrected chi connectivity index (χ2v) is 4.89. The number of benzene rings is 1. The molecule has 0 aliphatic heterocycles. The van der Waals surface area contributed by atoms with Gasteiger partial charge in [0.15, 0.2) is 0 Å². The molecule has 1 heterocycles. The number of carbonyl (C=O) groups is 1. The number of aryl methyl sites for hydroxylation is 2. The van der Waals surface area contributed by atoms with Crippen LogP contribution in [-0.4, -0.2) is 17.6 Å². The van der Waals surface area contributed by atoms with Crippen LogP contribution < -0.4 is 5.32 Å². The molecule has 0 saturated heterocycles. The fraction of sp³-hybridized carbons (Fsp3) is 0.312. The zero-order chi connectivity index (χ0) is 14.5. The molecule has 4 heteroatoms. The van der Waals surface area contributed by atoms with Gasteiger partial charge in [-0.25, -0.2) is 0 Å². The molecular weight excluding hydrogens is 254 g/mol. The van der Waals surface area contributed by atoms with E-state index < -0.39 is 6.10 Å². The van der Waals surface area contributed by atoms with Crippen molar-refractivity contribution >= 4 is 5.91 Å². The van der Waals surface area contributed by atoms with Crippen LogP contribution in [-0.2, 0) is 0 Å². The van der Waals surface area contributed by atoms with Gasteiger partial charge in [0, 0.05) is 12.1 Å². The van der Waals surface area contributed by atoms with Crippen molar-refractivity contribution in [2.45, 2.75) is 26.4 Å². The van der Waals surface area contributed by atoms with Gasteiger partial charge in [-0.3, -0.25) is 4.79 Å². The molecule has 2 aromatic rings. The number of aliphatic hydroxyl groups is 1. The van der Waals surface area contributed by atoms with Gasteiger partial charge in [0.2, 0.25) is 0 Å². The normalized spacial score (nSPS) is 12.2. The van der Waals surface area contributed by atoms with Crippen LogP contribution in [0.2, 0.25) is 0 Å². The molecule has 0 saturated carbocycles. The van der Waals surface area contributed by atoms with Crippen molar-refractivity contribution in [2.24, 2.45) is 0 Å². The van der Waals surface area contributed by atoms with Gasteiger partial charge in [0.05, 0.1) is 6.26 Å². The van der Waals surface area contributed by atoms with Gasteiger partial charge < -0.3 is 14.8 Å². The molecule has 106 valence electrons. The minimum atomic E-state index is -0.691. The number of rotatable bonds is 5. The molecule has 1 unspecified atom stereocenters. The summed E-state index contributed by atoms with van der Waals surface area (Å²) >= 11 is 0. The average molecular weight is 273 g/mol. The number of amides is 1. The zero-order valence-electron chi connectivity index (χ0n) is 11.7. The summed E-state index contributed by atoms with van der Waals surface area (Å²) in [4.78, 5) is 12.1. The van der Waals surface area contributed by atoms with E-state index >= 15 is 0 Å². The number of hydrogen-bond donors (Lipinski definition) is 2. The van der Waals surface area contributed by atoms with Crippen LogP contribution in [0, 0.1) is 13.8 Å². The maximum absolute atomic E-state index is 12.1. The van der Waals surface area contributed by atoms with Gasteiger partial charge >= 0.3 is 0 Å². The van der Waals surface area contributed by atoms with E-state index in [1.54, 1.807) is 12.1 Å². The van der Waals surface area contributed by atoms with Gasteiger partial charge in [0.25, 0.3) is 5.91 Å². The monoisotopic (exact) mass is 273 g/mol. The number of furan rings is 1. The van der Waals surface area contributed by atoms with Crippen LogP contribution in [0.3, 0.4) is 0 Å². The molecule has 20 heavy (non-hydrogen) atoms. The third-order valence-electron chi connectivity index (χ3n) is 3.21. The Kier molecular flexibility index (Phi) is 4.58. The van der Waals surface area contributed by atoms with Crippen molar-refractivity contribution in [1.29, 1.82) is 0 Å². The van der Waals surface area contributed by atoms with E-state index in [2.05, 4.69) is 5.32 Å². The molecule has 1 amide bonds. The maximum atomic E-state index is 12.1. The largest absolute Gasteiger partial charge is 0.467 e. The van der Waals surface area contributed by atoms with Gasteiger partial charge in [-0.1, -0.05) is 17.7 Å². The first kappa shape index (κ1) is 14.3. The number of nitrogens with one attached hydrogen (secondary N) is 1. The first-order valence-electron chi connectivity index (χ1n) is 6.65. The summed E-state index contributed by atoms with van der Waals surface area (Å²) in [6.45, 7) is 4.26. The highest BCUT2D eigenvalue weighted by atomic mass is 16.4. The highest BCUT2D eigenvalue weighted by Crippen LogP contribution is 2.16. The fourth-order valence-corrected chi connectivity index (χ4v) is 2.02. The van der Waals surface area contributed by atoms with Crippen molar-refractivity contribution in [3.8, 4) is 0 Å². The fourth-order valence-electron chi connectivity index (χ4n) is 2.02. The summed E-state index contributed by atoms with van der Waals surface area (Å²) in [7, 11) is 0. The van der Waals surface area contributed by atoms with E-state index in [1.807, 2.05) is 32.0 Å². The van der Waals surface area contributed by atoms with Crippen molar-refractivity contribution < 1.29 is 14.3 Å². The summed E-state index contributed by atoms with van der Waals surface area (Å²) in [6.07, 6.45) is 1.25. The lowest BCUT2D eigenvalue weighted by atomic mass is 10.1. The van der Waals surface area contributed by atoms with E-state index in [-0.39, 0.29) is 5.91 Å². The van der Waals surface area contributed by atoms with Gasteiger partial charge in [-0.15, -0.1) is 0 Å². The molecule has 2 rings (SSSR count). The highest BCUT2D eigenvalue weighted by molar-refractivity contribution is 5.95. The number of carbonyl (C=O) groups excluding carboxylic acids is 1. The Hall–Kier alpha value is -2.07. The lowest BCUT2D eigenvalue weighted by Crippen LogP contribution is -2.26. The Labute approximate surface area is 118 Å². The van der Waals surface area contributed by atoms with Crippen LogP contribution in [0.4, 0.5) is 0 Å². The molecule has 0 aliphatic carbocycles. The SMILES string of the molecule is Cc1ccc(C)c(C(=O)NCCC(O)c2ccco2)c1. The van der Waals surface area contributed by atoms with Crippen molar-refractivity contribution in [2.75, 3.05) is 6.54 Å². The third kappa shape index (κ3) is 3.48. The van der Waals surface area contributed by atoms with E-state index in [0.29, 0.717) is 24.3 Å². The van der Waals surface area contributed by atoms with E-state index in [0.717, 1.165) is 11.1 Å². The van der Waals surface area contributed by atoms with Crippen molar-refractivity contribution in [3.63, 3.8) is 0 Å². The van der Waals surface area contributed by atoms with Crippen molar-refractivity contribution in [1.82, 2.24) is 5.32 Å². The lowest BCUT2D eigenvalue weighted by Gasteiger charge is -2.10. The number of hydrogen-bond acceptors (Lipinski definition) is 3. The summed E-state index contributed by atoms with van der Waals surface area (Å²) in [5.41, 5.74) is 2.67. The molecule has 1 aromatic carbocycles. The Balaban J connectivity index is 1.88. The van der Waals surface area contributed by atoms with Crippen LogP contribution in [0.5, 0.6) is 0 Å². The second kappa shape index (κ2) is 6.39. The molecule has 0 bridgehead atoms.